The number of hydrogen-bond donors (Lipinski definition) is 1. The van der Waals surface area contributed by atoms with E-state index < -0.39 is 17.7 Å². The molecule has 0 aromatic heterocycles. The molecule has 6 nitrogen and oxygen atoms in total. The van der Waals surface area contributed by atoms with Gasteiger partial charge in [0, 0.05) is 18.5 Å². The molecule has 0 bridgehead atoms. The first-order chi connectivity index (χ1) is 17.5. The highest BCUT2D eigenvalue weighted by Crippen LogP contribution is 2.41. The van der Waals surface area contributed by atoms with E-state index in [0.717, 1.165) is 16.9 Å². The summed E-state index contributed by atoms with van der Waals surface area (Å²) in [5.41, 5.74) is 3.11. The number of ether oxygens (including phenoxy) is 2. The highest BCUT2D eigenvalue weighted by Gasteiger charge is 2.46. The van der Waals surface area contributed by atoms with Crippen molar-refractivity contribution in [3.8, 4) is 11.5 Å². The smallest absolute Gasteiger partial charge is 0.295 e. The summed E-state index contributed by atoms with van der Waals surface area (Å²) in [6.07, 6.45) is 2.43. The Balaban J connectivity index is 1.59. The van der Waals surface area contributed by atoms with Crippen LogP contribution in [0.15, 0.2) is 91.0 Å². The SMILES string of the molecule is C=CCOc1ccc([C@H]2C(=C(O)c3ccc4c(c3)C[C@@H](C)O4)C(=O)C(=O)N2Cc2ccccc2)cc1. The van der Waals surface area contributed by atoms with Crippen molar-refractivity contribution < 1.29 is 24.2 Å². The Bertz CT molecular complexity index is 1340. The van der Waals surface area contributed by atoms with Crippen molar-refractivity contribution in [1.29, 1.82) is 0 Å². The number of nitrogens with zero attached hydrogens (tertiary/aromatic N) is 1. The zero-order chi connectivity index (χ0) is 25.2. The lowest BCUT2D eigenvalue weighted by Crippen LogP contribution is -2.29. The topological polar surface area (TPSA) is 76.1 Å². The van der Waals surface area contributed by atoms with Gasteiger partial charge in [-0.2, -0.15) is 0 Å². The number of aliphatic hydroxyl groups excluding tert-OH is 1. The molecule has 1 fully saturated rings. The number of ketones is 1. The van der Waals surface area contributed by atoms with Gasteiger partial charge >= 0.3 is 0 Å². The van der Waals surface area contributed by atoms with Crippen LogP contribution in [-0.4, -0.2) is 34.4 Å². The van der Waals surface area contributed by atoms with Gasteiger partial charge < -0.3 is 19.5 Å². The first-order valence-electron chi connectivity index (χ1n) is 11.9. The molecule has 36 heavy (non-hydrogen) atoms. The second-order valence-corrected chi connectivity index (χ2v) is 9.04. The molecule has 2 aliphatic heterocycles. The molecule has 1 saturated heterocycles. The standard InChI is InChI=1S/C30H27NO5/c1-3-15-35-24-12-9-21(10-13-24)27-26(28(32)22-11-14-25-23(17-22)16-19(2)36-25)29(33)30(34)31(27)18-20-7-5-4-6-8-20/h3-14,17,19,27,32H,1,15-16,18H2,2H3/t19-,27+/m1/s1. The number of fused-ring (bicyclic) bond motifs is 1. The Morgan fingerprint density at radius 3 is 2.58 bits per heavy atom. The number of carbonyl (C=O) groups is 2. The summed E-state index contributed by atoms with van der Waals surface area (Å²) in [6.45, 7) is 6.24. The molecule has 3 aromatic carbocycles. The molecule has 3 aromatic rings. The predicted molar refractivity (Wildman–Crippen MR) is 137 cm³/mol. The number of amides is 1. The fourth-order valence-corrected chi connectivity index (χ4v) is 4.80. The maximum Gasteiger partial charge on any atom is 0.295 e. The van der Waals surface area contributed by atoms with E-state index in [-0.39, 0.29) is 24.0 Å². The molecular formula is C30H27NO5. The lowest BCUT2D eigenvalue weighted by molar-refractivity contribution is -0.140. The third kappa shape index (κ3) is 4.38. The van der Waals surface area contributed by atoms with Crippen molar-refractivity contribution in [3.63, 3.8) is 0 Å². The molecule has 2 heterocycles. The number of likely N-dealkylation sites (tertiary alicyclic amines) is 1. The average Bonchev–Trinajstić information content (AvgIpc) is 3.39. The monoisotopic (exact) mass is 481 g/mol. The van der Waals surface area contributed by atoms with Gasteiger partial charge in [-0.1, -0.05) is 55.1 Å². The first kappa shape index (κ1) is 23.4. The van der Waals surface area contributed by atoms with Crippen LogP contribution in [0.5, 0.6) is 11.5 Å². The Labute approximate surface area is 210 Å². The van der Waals surface area contributed by atoms with Crippen LogP contribution in [0.25, 0.3) is 5.76 Å². The lowest BCUT2D eigenvalue weighted by Gasteiger charge is -2.25. The van der Waals surface area contributed by atoms with Gasteiger partial charge in [0.1, 0.15) is 30.0 Å². The van der Waals surface area contributed by atoms with E-state index in [9.17, 15) is 14.7 Å². The highest BCUT2D eigenvalue weighted by atomic mass is 16.5. The number of carbonyl (C=O) groups excluding carboxylic acids is 2. The van der Waals surface area contributed by atoms with E-state index in [4.69, 9.17) is 9.47 Å². The van der Waals surface area contributed by atoms with Crippen molar-refractivity contribution in [2.75, 3.05) is 6.61 Å². The van der Waals surface area contributed by atoms with Gasteiger partial charge in [-0.25, -0.2) is 0 Å². The number of rotatable bonds is 7. The Morgan fingerprint density at radius 2 is 1.86 bits per heavy atom. The van der Waals surface area contributed by atoms with Crippen LogP contribution < -0.4 is 9.47 Å². The van der Waals surface area contributed by atoms with E-state index in [1.165, 1.54) is 4.90 Å². The van der Waals surface area contributed by atoms with Crippen LogP contribution >= 0.6 is 0 Å². The molecular weight excluding hydrogens is 454 g/mol. The van der Waals surface area contributed by atoms with Crippen LogP contribution in [0.4, 0.5) is 0 Å². The van der Waals surface area contributed by atoms with Crippen molar-refractivity contribution in [1.82, 2.24) is 4.90 Å². The number of Topliss-reactive ketones (excluding diaryl/α,β-unsaturated/α-hetero) is 1. The molecule has 0 unspecified atom stereocenters. The van der Waals surface area contributed by atoms with Gasteiger partial charge in [-0.05, 0) is 53.9 Å². The average molecular weight is 482 g/mol. The summed E-state index contributed by atoms with van der Waals surface area (Å²) in [4.78, 5) is 28.1. The quantitative estimate of drug-likeness (QED) is 0.217. The molecule has 2 atom stereocenters. The second kappa shape index (κ2) is 9.74. The highest BCUT2D eigenvalue weighted by molar-refractivity contribution is 6.46. The molecule has 5 rings (SSSR count). The minimum atomic E-state index is -0.748. The minimum Gasteiger partial charge on any atom is -0.507 e. The molecule has 0 spiro atoms. The van der Waals surface area contributed by atoms with Gasteiger partial charge in [0.05, 0.1) is 11.6 Å². The van der Waals surface area contributed by atoms with Gasteiger partial charge in [-0.3, -0.25) is 9.59 Å². The van der Waals surface area contributed by atoms with Crippen LogP contribution in [0.2, 0.25) is 0 Å². The largest absolute Gasteiger partial charge is 0.507 e. The van der Waals surface area contributed by atoms with Crippen LogP contribution in [-0.2, 0) is 22.6 Å². The number of aliphatic hydroxyl groups is 1. The molecule has 0 aliphatic carbocycles. The maximum atomic E-state index is 13.3. The predicted octanol–water partition coefficient (Wildman–Crippen LogP) is 5.20. The summed E-state index contributed by atoms with van der Waals surface area (Å²) in [6, 6.07) is 21.3. The van der Waals surface area contributed by atoms with Crippen molar-refractivity contribution >= 4 is 17.4 Å². The molecule has 0 saturated carbocycles. The first-order valence-corrected chi connectivity index (χ1v) is 11.9. The number of hydrogen-bond acceptors (Lipinski definition) is 5. The summed E-state index contributed by atoms with van der Waals surface area (Å²) in [5.74, 6) is -0.120. The van der Waals surface area contributed by atoms with Crippen LogP contribution in [0, 0.1) is 0 Å². The third-order valence-corrected chi connectivity index (χ3v) is 6.47. The molecule has 182 valence electrons. The molecule has 0 radical (unpaired) electrons. The zero-order valence-electron chi connectivity index (χ0n) is 20.0. The fourth-order valence-electron chi connectivity index (χ4n) is 4.80. The normalized spacial score (nSPS) is 20.2. The molecule has 1 amide bonds. The van der Waals surface area contributed by atoms with Crippen molar-refractivity contribution in [3.05, 3.63) is 113 Å². The summed E-state index contributed by atoms with van der Waals surface area (Å²) in [7, 11) is 0. The number of benzene rings is 3. The summed E-state index contributed by atoms with van der Waals surface area (Å²) < 4.78 is 11.4. The summed E-state index contributed by atoms with van der Waals surface area (Å²) >= 11 is 0. The van der Waals surface area contributed by atoms with Gasteiger partial charge in [0.25, 0.3) is 11.7 Å². The molecule has 6 heteroatoms. The summed E-state index contributed by atoms with van der Waals surface area (Å²) in [5, 5.41) is 11.4. The second-order valence-electron chi connectivity index (χ2n) is 9.04. The van der Waals surface area contributed by atoms with E-state index in [2.05, 4.69) is 6.58 Å². The van der Waals surface area contributed by atoms with Gasteiger partial charge in [0.15, 0.2) is 0 Å². The van der Waals surface area contributed by atoms with E-state index >= 15 is 0 Å². The van der Waals surface area contributed by atoms with Gasteiger partial charge in [0.2, 0.25) is 0 Å². The lowest BCUT2D eigenvalue weighted by atomic mass is 9.94. The Morgan fingerprint density at radius 1 is 1.11 bits per heavy atom. The Kier molecular flexibility index (Phi) is 6.34. The minimum absolute atomic E-state index is 0.0515. The van der Waals surface area contributed by atoms with Crippen molar-refractivity contribution in [2.45, 2.75) is 32.0 Å². The zero-order valence-corrected chi connectivity index (χ0v) is 20.0. The maximum absolute atomic E-state index is 13.3. The fraction of sp³-hybridized carbons (Fsp3) is 0.200. The van der Waals surface area contributed by atoms with E-state index in [0.29, 0.717) is 29.9 Å². The molecule has 2 aliphatic rings. The van der Waals surface area contributed by atoms with Crippen LogP contribution in [0.1, 0.15) is 35.2 Å². The van der Waals surface area contributed by atoms with Crippen LogP contribution in [0.3, 0.4) is 0 Å². The van der Waals surface area contributed by atoms with Gasteiger partial charge in [-0.15, -0.1) is 0 Å². The van der Waals surface area contributed by atoms with E-state index in [1.807, 2.05) is 55.5 Å². The third-order valence-electron chi connectivity index (χ3n) is 6.47. The van der Waals surface area contributed by atoms with Crippen molar-refractivity contribution in [2.24, 2.45) is 0 Å². The Hall–Kier alpha value is -4.32. The molecule has 1 N–H and O–H groups in total. The van der Waals surface area contributed by atoms with E-state index in [1.54, 1.807) is 30.3 Å².